The SMILES string of the molecule is CN=C(NCCCCN1CCN(C)CC1)NCc1ccc(C)s1.I. The van der Waals surface area contributed by atoms with Crippen LogP contribution in [0.3, 0.4) is 0 Å². The van der Waals surface area contributed by atoms with Crippen LogP contribution < -0.4 is 10.6 Å². The van der Waals surface area contributed by atoms with Gasteiger partial charge in [-0.1, -0.05) is 0 Å². The van der Waals surface area contributed by atoms with Gasteiger partial charge in [0, 0.05) is 49.5 Å². The molecule has 1 aromatic heterocycles. The van der Waals surface area contributed by atoms with Crippen molar-refractivity contribution in [1.29, 1.82) is 0 Å². The number of hydrogen-bond donors (Lipinski definition) is 2. The number of nitrogens with zero attached hydrogens (tertiary/aromatic N) is 3. The number of halogens is 1. The number of guanidine groups is 1. The first-order chi connectivity index (χ1) is 11.2. The highest BCUT2D eigenvalue weighted by Crippen LogP contribution is 2.14. The van der Waals surface area contributed by atoms with E-state index in [4.69, 9.17) is 0 Å². The van der Waals surface area contributed by atoms with Gasteiger partial charge >= 0.3 is 0 Å². The lowest BCUT2D eigenvalue weighted by molar-refractivity contribution is 0.152. The molecule has 0 unspecified atom stereocenters. The standard InChI is InChI=1S/C17H31N5S.HI/c1-15-6-7-16(23-15)14-20-17(18-2)19-8-4-5-9-22-12-10-21(3)11-13-22;/h6-7H,4-5,8-14H2,1-3H3,(H2,18,19,20);1H. The average molecular weight is 465 g/mol. The Morgan fingerprint density at radius 2 is 1.92 bits per heavy atom. The molecule has 0 amide bonds. The number of nitrogens with one attached hydrogen (secondary N) is 2. The Hall–Kier alpha value is -0.380. The van der Waals surface area contributed by atoms with Crippen LogP contribution in [0.5, 0.6) is 0 Å². The van der Waals surface area contributed by atoms with Gasteiger partial charge in [0.1, 0.15) is 0 Å². The molecule has 7 heteroatoms. The van der Waals surface area contributed by atoms with Crippen LogP contribution in [0, 0.1) is 6.92 Å². The lowest BCUT2D eigenvalue weighted by Crippen LogP contribution is -2.44. The van der Waals surface area contributed by atoms with Gasteiger partial charge in [0.05, 0.1) is 6.54 Å². The highest BCUT2D eigenvalue weighted by Gasteiger charge is 2.12. The molecule has 1 saturated heterocycles. The van der Waals surface area contributed by atoms with E-state index in [2.05, 4.69) is 51.5 Å². The minimum absolute atomic E-state index is 0. The number of rotatable bonds is 7. The largest absolute Gasteiger partial charge is 0.356 e. The van der Waals surface area contributed by atoms with Crippen LogP contribution in [-0.4, -0.2) is 69.1 Å². The Morgan fingerprint density at radius 1 is 1.17 bits per heavy atom. The van der Waals surface area contributed by atoms with Crippen molar-refractivity contribution in [2.24, 2.45) is 4.99 Å². The van der Waals surface area contributed by atoms with Crippen molar-refractivity contribution in [3.63, 3.8) is 0 Å². The van der Waals surface area contributed by atoms with E-state index in [9.17, 15) is 0 Å². The lowest BCUT2D eigenvalue weighted by atomic mass is 10.2. The Morgan fingerprint density at radius 3 is 2.54 bits per heavy atom. The fraction of sp³-hybridized carbons (Fsp3) is 0.706. The molecule has 1 aromatic rings. The summed E-state index contributed by atoms with van der Waals surface area (Å²) in [6.07, 6.45) is 2.43. The Balaban J connectivity index is 0.00000288. The monoisotopic (exact) mass is 465 g/mol. The Bertz CT molecular complexity index is 483. The van der Waals surface area contributed by atoms with Gasteiger partial charge in [0.2, 0.25) is 0 Å². The Kier molecular flexibility index (Phi) is 10.9. The smallest absolute Gasteiger partial charge is 0.191 e. The number of likely N-dealkylation sites (N-methyl/N-ethyl adjacent to an activating group) is 1. The first-order valence-electron chi connectivity index (χ1n) is 8.58. The third kappa shape index (κ3) is 8.13. The summed E-state index contributed by atoms with van der Waals surface area (Å²) in [7, 11) is 4.04. The molecular formula is C17H32IN5S. The molecule has 1 aliphatic heterocycles. The molecule has 2 rings (SSSR count). The third-order valence-corrected chi connectivity index (χ3v) is 5.24. The van der Waals surface area contributed by atoms with Crippen molar-refractivity contribution in [3.05, 3.63) is 21.9 Å². The van der Waals surface area contributed by atoms with E-state index in [1.807, 2.05) is 18.4 Å². The quantitative estimate of drug-likeness (QED) is 0.281. The molecule has 0 bridgehead atoms. The fourth-order valence-corrected chi connectivity index (χ4v) is 3.54. The van der Waals surface area contributed by atoms with E-state index in [0.717, 1.165) is 19.0 Å². The number of thiophene rings is 1. The molecule has 0 atom stereocenters. The van der Waals surface area contributed by atoms with Crippen molar-refractivity contribution >= 4 is 41.3 Å². The molecule has 0 radical (unpaired) electrons. The van der Waals surface area contributed by atoms with Gasteiger partial charge in [0.25, 0.3) is 0 Å². The summed E-state index contributed by atoms with van der Waals surface area (Å²) in [5.41, 5.74) is 0. The van der Waals surface area contributed by atoms with Gasteiger partial charge in [-0.3, -0.25) is 4.99 Å². The highest BCUT2D eigenvalue weighted by molar-refractivity contribution is 14.0. The number of aliphatic imine (C=N–C) groups is 1. The maximum atomic E-state index is 4.29. The summed E-state index contributed by atoms with van der Waals surface area (Å²) in [6, 6.07) is 4.34. The van der Waals surface area contributed by atoms with Crippen molar-refractivity contribution in [2.45, 2.75) is 26.3 Å². The van der Waals surface area contributed by atoms with Crippen LogP contribution in [0.4, 0.5) is 0 Å². The molecule has 0 aromatic carbocycles. The second-order valence-corrected chi connectivity index (χ2v) is 7.59. The number of piperazine rings is 1. The molecule has 138 valence electrons. The van der Waals surface area contributed by atoms with Gasteiger partial charge in [-0.05, 0) is 45.5 Å². The van der Waals surface area contributed by atoms with Gasteiger partial charge in [0.15, 0.2) is 5.96 Å². The zero-order valence-corrected chi connectivity index (χ0v) is 18.3. The second-order valence-electron chi connectivity index (χ2n) is 6.22. The lowest BCUT2D eigenvalue weighted by Gasteiger charge is -2.32. The van der Waals surface area contributed by atoms with Crippen LogP contribution in [0.2, 0.25) is 0 Å². The zero-order valence-electron chi connectivity index (χ0n) is 15.2. The summed E-state index contributed by atoms with van der Waals surface area (Å²) in [5.74, 6) is 0.899. The van der Waals surface area contributed by atoms with Crippen molar-refractivity contribution in [1.82, 2.24) is 20.4 Å². The predicted octanol–water partition coefficient (Wildman–Crippen LogP) is 2.37. The zero-order chi connectivity index (χ0) is 16.5. The first kappa shape index (κ1) is 21.7. The molecule has 5 nitrogen and oxygen atoms in total. The number of unbranched alkanes of at least 4 members (excludes halogenated alkanes) is 1. The summed E-state index contributed by atoms with van der Waals surface area (Å²) < 4.78 is 0. The molecule has 1 fully saturated rings. The second kappa shape index (κ2) is 12.1. The maximum Gasteiger partial charge on any atom is 0.191 e. The van der Waals surface area contributed by atoms with Gasteiger partial charge < -0.3 is 20.4 Å². The summed E-state index contributed by atoms with van der Waals surface area (Å²) in [5, 5.41) is 6.79. The van der Waals surface area contributed by atoms with E-state index in [-0.39, 0.29) is 24.0 Å². The first-order valence-corrected chi connectivity index (χ1v) is 9.40. The number of aryl methyl sites for hydroxylation is 1. The molecular weight excluding hydrogens is 433 g/mol. The van der Waals surface area contributed by atoms with Gasteiger partial charge in [-0.15, -0.1) is 35.3 Å². The molecule has 2 heterocycles. The molecule has 1 aliphatic rings. The van der Waals surface area contributed by atoms with E-state index in [0.29, 0.717) is 0 Å². The summed E-state index contributed by atoms with van der Waals surface area (Å²) in [4.78, 5) is 12.0. The minimum Gasteiger partial charge on any atom is -0.356 e. The number of hydrogen-bond acceptors (Lipinski definition) is 4. The summed E-state index contributed by atoms with van der Waals surface area (Å²) in [6.45, 7) is 10.0. The molecule has 0 saturated carbocycles. The third-order valence-electron chi connectivity index (χ3n) is 4.24. The van der Waals surface area contributed by atoms with E-state index in [1.54, 1.807) is 0 Å². The van der Waals surface area contributed by atoms with Crippen LogP contribution in [-0.2, 0) is 6.54 Å². The van der Waals surface area contributed by atoms with Crippen molar-refractivity contribution in [3.8, 4) is 0 Å². The van der Waals surface area contributed by atoms with Crippen LogP contribution >= 0.6 is 35.3 Å². The van der Waals surface area contributed by atoms with E-state index < -0.39 is 0 Å². The van der Waals surface area contributed by atoms with Crippen molar-refractivity contribution in [2.75, 3.05) is 53.4 Å². The minimum atomic E-state index is 0. The molecule has 24 heavy (non-hydrogen) atoms. The van der Waals surface area contributed by atoms with Crippen molar-refractivity contribution < 1.29 is 0 Å². The van der Waals surface area contributed by atoms with Gasteiger partial charge in [-0.25, -0.2) is 0 Å². The van der Waals surface area contributed by atoms with Gasteiger partial charge in [-0.2, -0.15) is 0 Å². The van der Waals surface area contributed by atoms with Crippen LogP contribution in [0.1, 0.15) is 22.6 Å². The normalized spacial score (nSPS) is 16.7. The van der Waals surface area contributed by atoms with E-state index in [1.165, 1.54) is 55.3 Å². The molecule has 2 N–H and O–H groups in total. The van der Waals surface area contributed by atoms with Crippen LogP contribution in [0.25, 0.3) is 0 Å². The summed E-state index contributed by atoms with van der Waals surface area (Å²) >= 11 is 1.83. The fourth-order valence-electron chi connectivity index (χ4n) is 2.71. The predicted molar refractivity (Wildman–Crippen MR) is 116 cm³/mol. The average Bonchev–Trinajstić information content (AvgIpc) is 2.97. The molecule has 0 aliphatic carbocycles. The van der Waals surface area contributed by atoms with E-state index >= 15 is 0 Å². The highest BCUT2D eigenvalue weighted by atomic mass is 127. The Labute approximate surface area is 167 Å². The topological polar surface area (TPSA) is 42.9 Å². The maximum absolute atomic E-state index is 4.29. The molecule has 0 spiro atoms. The van der Waals surface area contributed by atoms with Crippen LogP contribution in [0.15, 0.2) is 17.1 Å².